The number of carbonyl (C=O) groups is 3. The molecule has 0 aliphatic carbocycles. The van der Waals surface area contributed by atoms with Crippen LogP contribution in [0.1, 0.15) is 31.7 Å². The summed E-state index contributed by atoms with van der Waals surface area (Å²) < 4.78 is 0. The van der Waals surface area contributed by atoms with Crippen LogP contribution in [-0.4, -0.2) is 36.0 Å². The molecule has 0 aliphatic heterocycles. The molecule has 1 unspecified atom stereocenters. The van der Waals surface area contributed by atoms with Gasteiger partial charge < -0.3 is 15.7 Å². The topological polar surface area (TPSA) is 95.5 Å². The van der Waals surface area contributed by atoms with Crippen LogP contribution in [0.25, 0.3) is 0 Å². The van der Waals surface area contributed by atoms with Gasteiger partial charge in [-0.05, 0) is 25.3 Å². The average Bonchev–Trinajstić information content (AvgIpc) is 2.52. The summed E-state index contributed by atoms with van der Waals surface area (Å²) in [5.41, 5.74) is 0.922. The zero-order valence-corrected chi connectivity index (χ0v) is 13.4. The van der Waals surface area contributed by atoms with Gasteiger partial charge in [0.05, 0.1) is 5.92 Å². The van der Waals surface area contributed by atoms with Crippen LogP contribution in [0.5, 0.6) is 0 Å². The van der Waals surface area contributed by atoms with Crippen molar-refractivity contribution in [2.75, 3.05) is 13.1 Å². The number of carboxylic acids is 1. The molecule has 0 saturated carbocycles. The van der Waals surface area contributed by atoms with E-state index in [0.717, 1.165) is 5.56 Å². The predicted molar refractivity (Wildman–Crippen MR) is 86.8 cm³/mol. The van der Waals surface area contributed by atoms with Gasteiger partial charge in [-0.3, -0.25) is 14.4 Å². The van der Waals surface area contributed by atoms with E-state index in [1.54, 1.807) is 0 Å². The van der Waals surface area contributed by atoms with Gasteiger partial charge in [-0.25, -0.2) is 0 Å². The van der Waals surface area contributed by atoms with Crippen molar-refractivity contribution in [2.24, 2.45) is 5.92 Å². The minimum atomic E-state index is -0.934. The van der Waals surface area contributed by atoms with E-state index >= 15 is 0 Å². The lowest BCUT2D eigenvalue weighted by molar-refractivity contribution is -0.141. The Morgan fingerprint density at radius 3 is 2.22 bits per heavy atom. The molecule has 1 aromatic carbocycles. The van der Waals surface area contributed by atoms with Gasteiger partial charge in [0.25, 0.3) is 0 Å². The second-order valence-electron chi connectivity index (χ2n) is 5.34. The van der Waals surface area contributed by atoms with Crippen molar-refractivity contribution in [3.05, 3.63) is 35.9 Å². The van der Waals surface area contributed by atoms with E-state index in [9.17, 15) is 19.5 Å². The molecule has 1 rings (SSSR count). The van der Waals surface area contributed by atoms with Gasteiger partial charge in [0.1, 0.15) is 0 Å². The Labute approximate surface area is 136 Å². The van der Waals surface area contributed by atoms with Crippen LogP contribution >= 0.6 is 0 Å². The molecular formula is C17H24N2O4. The maximum absolute atomic E-state index is 11.7. The molecule has 3 N–H and O–H groups in total. The van der Waals surface area contributed by atoms with E-state index in [0.29, 0.717) is 25.8 Å². The van der Waals surface area contributed by atoms with Crippen molar-refractivity contribution < 1.29 is 19.5 Å². The van der Waals surface area contributed by atoms with Crippen molar-refractivity contribution in [3.63, 3.8) is 0 Å². The molecule has 0 radical (unpaired) electrons. The zero-order valence-electron chi connectivity index (χ0n) is 13.4. The minimum Gasteiger partial charge on any atom is -0.481 e. The number of benzene rings is 1. The minimum absolute atomic E-state index is 0.0761. The first-order chi connectivity index (χ1) is 11.0. The van der Waals surface area contributed by atoms with Gasteiger partial charge >= 0.3 is 5.97 Å². The molecule has 1 atom stereocenters. The van der Waals surface area contributed by atoms with Crippen molar-refractivity contribution in [2.45, 2.75) is 32.6 Å². The van der Waals surface area contributed by atoms with Crippen molar-refractivity contribution >= 4 is 17.8 Å². The fraction of sp³-hybridized carbons (Fsp3) is 0.471. The second kappa shape index (κ2) is 10.4. The smallest absolute Gasteiger partial charge is 0.308 e. The summed E-state index contributed by atoms with van der Waals surface area (Å²) in [7, 11) is 0. The monoisotopic (exact) mass is 320 g/mol. The Kier molecular flexibility index (Phi) is 8.42. The molecule has 0 heterocycles. The van der Waals surface area contributed by atoms with E-state index in [-0.39, 0.29) is 24.8 Å². The maximum atomic E-state index is 11.7. The molecule has 0 aliphatic rings. The van der Waals surface area contributed by atoms with Gasteiger partial charge in [-0.15, -0.1) is 0 Å². The van der Waals surface area contributed by atoms with E-state index in [1.807, 2.05) is 37.3 Å². The highest BCUT2D eigenvalue weighted by molar-refractivity contribution is 5.79. The Morgan fingerprint density at radius 1 is 1.04 bits per heavy atom. The second-order valence-corrected chi connectivity index (χ2v) is 5.34. The van der Waals surface area contributed by atoms with E-state index in [1.165, 1.54) is 0 Å². The molecule has 126 valence electrons. The number of amides is 2. The first-order valence-corrected chi connectivity index (χ1v) is 7.83. The molecule has 0 fully saturated rings. The summed E-state index contributed by atoms with van der Waals surface area (Å²) in [5, 5.41) is 14.6. The summed E-state index contributed by atoms with van der Waals surface area (Å²) in [6.45, 7) is 2.50. The molecule has 0 bridgehead atoms. The van der Waals surface area contributed by atoms with Crippen LogP contribution in [0.3, 0.4) is 0 Å². The van der Waals surface area contributed by atoms with Crippen molar-refractivity contribution in [1.29, 1.82) is 0 Å². The maximum Gasteiger partial charge on any atom is 0.308 e. The number of nitrogens with one attached hydrogen (secondary N) is 2. The molecule has 23 heavy (non-hydrogen) atoms. The summed E-state index contributed by atoms with van der Waals surface area (Å²) in [5.74, 6) is -1.90. The third kappa shape index (κ3) is 7.99. The molecule has 0 spiro atoms. The predicted octanol–water partition coefficient (Wildman–Crippen LogP) is 1.35. The van der Waals surface area contributed by atoms with Crippen LogP contribution in [-0.2, 0) is 20.8 Å². The standard InChI is InChI=1S/C17H24N2O4/c1-2-18-15(20)9-6-10-16(21)19-12-14(17(22)23)11-13-7-4-3-5-8-13/h3-5,7-8,14H,2,6,9-12H2,1H3,(H,18,20)(H,19,21)(H,22,23). The quantitative estimate of drug-likeness (QED) is 0.606. The average molecular weight is 320 g/mol. The first kappa shape index (κ1) is 18.7. The van der Waals surface area contributed by atoms with Gasteiger partial charge in [0.2, 0.25) is 11.8 Å². The van der Waals surface area contributed by atoms with E-state index in [2.05, 4.69) is 10.6 Å². The van der Waals surface area contributed by atoms with Gasteiger partial charge in [0, 0.05) is 25.9 Å². The number of carboxylic acid groups (broad SMARTS) is 1. The highest BCUT2D eigenvalue weighted by Crippen LogP contribution is 2.08. The summed E-state index contributed by atoms with van der Waals surface area (Å²) in [6, 6.07) is 9.31. The summed E-state index contributed by atoms with van der Waals surface area (Å²) in [4.78, 5) is 34.3. The first-order valence-electron chi connectivity index (χ1n) is 7.83. The molecular weight excluding hydrogens is 296 g/mol. The van der Waals surface area contributed by atoms with Crippen LogP contribution in [0.15, 0.2) is 30.3 Å². The number of hydrogen-bond acceptors (Lipinski definition) is 3. The Bertz CT molecular complexity index is 517. The van der Waals surface area contributed by atoms with Crippen molar-refractivity contribution in [1.82, 2.24) is 10.6 Å². The summed E-state index contributed by atoms with van der Waals surface area (Å²) in [6.07, 6.45) is 1.34. The van der Waals surface area contributed by atoms with Crippen LogP contribution in [0, 0.1) is 5.92 Å². The molecule has 0 saturated heterocycles. The lowest BCUT2D eigenvalue weighted by Crippen LogP contribution is -2.34. The van der Waals surface area contributed by atoms with Gasteiger partial charge in [-0.2, -0.15) is 0 Å². The number of aliphatic carboxylic acids is 1. The number of carbonyl (C=O) groups excluding carboxylic acids is 2. The van der Waals surface area contributed by atoms with Crippen LogP contribution < -0.4 is 10.6 Å². The van der Waals surface area contributed by atoms with Crippen LogP contribution in [0.4, 0.5) is 0 Å². The molecule has 0 aromatic heterocycles. The third-order valence-corrected chi connectivity index (χ3v) is 3.40. The molecule has 6 nitrogen and oxygen atoms in total. The number of hydrogen-bond donors (Lipinski definition) is 3. The highest BCUT2D eigenvalue weighted by atomic mass is 16.4. The fourth-order valence-corrected chi connectivity index (χ4v) is 2.17. The Morgan fingerprint density at radius 2 is 1.65 bits per heavy atom. The zero-order chi connectivity index (χ0) is 17.1. The summed E-state index contributed by atoms with van der Waals surface area (Å²) >= 11 is 0. The molecule has 1 aromatic rings. The molecule has 6 heteroatoms. The third-order valence-electron chi connectivity index (χ3n) is 3.40. The lowest BCUT2D eigenvalue weighted by atomic mass is 9.99. The number of rotatable bonds is 10. The van der Waals surface area contributed by atoms with E-state index < -0.39 is 11.9 Å². The Hall–Kier alpha value is -2.37. The SMILES string of the molecule is CCNC(=O)CCCC(=O)NCC(Cc1ccccc1)C(=O)O. The van der Waals surface area contributed by atoms with Gasteiger partial charge in [0.15, 0.2) is 0 Å². The fourth-order valence-electron chi connectivity index (χ4n) is 2.17. The molecule has 2 amide bonds. The van der Waals surface area contributed by atoms with Crippen molar-refractivity contribution in [3.8, 4) is 0 Å². The highest BCUT2D eigenvalue weighted by Gasteiger charge is 2.18. The van der Waals surface area contributed by atoms with E-state index in [4.69, 9.17) is 0 Å². The van der Waals surface area contributed by atoms with Gasteiger partial charge in [-0.1, -0.05) is 30.3 Å². The Balaban J connectivity index is 2.33. The largest absolute Gasteiger partial charge is 0.481 e. The normalized spacial score (nSPS) is 11.5. The van der Waals surface area contributed by atoms with Crippen LogP contribution in [0.2, 0.25) is 0 Å². The lowest BCUT2D eigenvalue weighted by Gasteiger charge is -2.13.